The fourth-order valence-corrected chi connectivity index (χ4v) is 0.853. The highest BCUT2D eigenvalue weighted by molar-refractivity contribution is 6.29. The van der Waals surface area contributed by atoms with Gasteiger partial charge in [0.25, 0.3) is 0 Å². The van der Waals surface area contributed by atoms with Gasteiger partial charge in [0.05, 0.1) is 6.10 Å². The summed E-state index contributed by atoms with van der Waals surface area (Å²) in [7, 11) is 0. The van der Waals surface area contributed by atoms with Crippen LogP contribution >= 0.6 is 11.6 Å². The van der Waals surface area contributed by atoms with E-state index in [2.05, 4.69) is 4.98 Å². The number of hydrogen-bond acceptors (Lipinski definition) is 2. The molecule has 0 aliphatic carbocycles. The highest BCUT2D eigenvalue weighted by atomic mass is 35.5. The van der Waals surface area contributed by atoms with Crippen molar-refractivity contribution in [2.24, 2.45) is 0 Å². The minimum Gasteiger partial charge on any atom is -0.475 e. The highest BCUT2D eigenvalue weighted by Gasteiger charge is 1.97. The van der Waals surface area contributed by atoms with Gasteiger partial charge >= 0.3 is 0 Å². The van der Waals surface area contributed by atoms with E-state index in [1.165, 1.54) is 0 Å². The van der Waals surface area contributed by atoms with Gasteiger partial charge < -0.3 is 4.74 Å². The summed E-state index contributed by atoms with van der Waals surface area (Å²) < 4.78 is 5.30. The van der Waals surface area contributed by atoms with Gasteiger partial charge in [-0.1, -0.05) is 17.7 Å². The van der Waals surface area contributed by atoms with Crippen LogP contribution in [0.4, 0.5) is 0 Å². The molecule has 0 spiro atoms. The average molecular weight is 172 g/mol. The zero-order valence-electron chi connectivity index (χ0n) is 6.54. The monoisotopic (exact) mass is 171 g/mol. The molecule has 0 aliphatic rings. The van der Waals surface area contributed by atoms with Crippen LogP contribution in [0.2, 0.25) is 5.15 Å². The average Bonchev–Trinajstić information content (AvgIpc) is 1.85. The van der Waals surface area contributed by atoms with Crippen molar-refractivity contribution in [3.05, 3.63) is 23.4 Å². The van der Waals surface area contributed by atoms with Crippen molar-refractivity contribution in [3.63, 3.8) is 0 Å². The summed E-state index contributed by atoms with van der Waals surface area (Å²) in [6, 6.07) is 5.31. The molecular formula is C8H10ClNO. The molecule has 0 bridgehead atoms. The number of rotatable bonds is 2. The SMILES string of the molecule is CC(C)Oc1cccc(Cl)n1. The predicted molar refractivity (Wildman–Crippen MR) is 45.0 cm³/mol. The fraction of sp³-hybridized carbons (Fsp3) is 0.375. The second-order valence-corrected chi connectivity index (χ2v) is 2.85. The first kappa shape index (κ1) is 8.34. The molecule has 0 saturated carbocycles. The molecule has 3 heteroatoms. The third-order valence-corrected chi connectivity index (χ3v) is 1.26. The van der Waals surface area contributed by atoms with E-state index >= 15 is 0 Å². The summed E-state index contributed by atoms with van der Waals surface area (Å²) in [5, 5.41) is 0.461. The minimum atomic E-state index is 0.140. The van der Waals surface area contributed by atoms with Crippen molar-refractivity contribution < 1.29 is 4.74 Å². The maximum atomic E-state index is 5.64. The van der Waals surface area contributed by atoms with Crippen molar-refractivity contribution >= 4 is 11.6 Å². The predicted octanol–water partition coefficient (Wildman–Crippen LogP) is 2.52. The van der Waals surface area contributed by atoms with Gasteiger partial charge in [0.1, 0.15) is 5.15 Å². The molecule has 0 unspecified atom stereocenters. The molecule has 0 saturated heterocycles. The maximum absolute atomic E-state index is 5.64. The van der Waals surface area contributed by atoms with Crippen molar-refractivity contribution in [1.82, 2.24) is 4.98 Å². The molecule has 11 heavy (non-hydrogen) atoms. The van der Waals surface area contributed by atoms with Gasteiger partial charge in [-0.2, -0.15) is 0 Å². The molecule has 0 N–H and O–H groups in total. The number of ether oxygens (including phenoxy) is 1. The van der Waals surface area contributed by atoms with E-state index in [0.717, 1.165) is 0 Å². The number of halogens is 1. The lowest BCUT2D eigenvalue weighted by molar-refractivity contribution is 0.232. The van der Waals surface area contributed by atoms with Crippen molar-refractivity contribution in [1.29, 1.82) is 0 Å². The number of aromatic nitrogens is 1. The Hall–Kier alpha value is -0.760. The van der Waals surface area contributed by atoms with Gasteiger partial charge in [-0.25, -0.2) is 4.98 Å². The molecule has 0 radical (unpaired) electrons. The van der Waals surface area contributed by atoms with E-state index < -0.39 is 0 Å². The molecule has 0 amide bonds. The first-order chi connectivity index (χ1) is 5.18. The third-order valence-electron chi connectivity index (χ3n) is 1.05. The van der Waals surface area contributed by atoms with Crippen LogP contribution < -0.4 is 4.74 Å². The van der Waals surface area contributed by atoms with Crippen LogP contribution in [0.3, 0.4) is 0 Å². The van der Waals surface area contributed by atoms with E-state index in [4.69, 9.17) is 16.3 Å². The Morgan fingerprint density at radius 1 is 1.45 bits per heavy atom. The molecule has 0 atom stereocenters. The molecule has 0 aromatic carbocycles. The zero-order chi connectivity index (χ0) is 8.27. The van der Waals surface area contributed by atoms with Crippen LogP contribution in [0.25, 0.3) is 0 Å². The van der Waals surface area contributed by atoms with Crippen LogP contribution in [-0.2, 0) is 0 Å². The lowest BCUT2D eigenvalue weighted by Gasteiger charge is -2.07. The number of nitrogens with zero attached hydrogens (tertiary/aromatic N) is 1. The molecule has 1 aromatic rings. The van der Waals surface area contributed by atoms with Crippen LogP contribution in [0, 0.1) is 0 Å². The van der Waals surface area contributed by atoms with Gasteiger partial charge in [0.2, 0.25) is 5.88 Å². The van der Waals surface area contributed by atoms with Gasteiger partial charge in [-0.3, -0.25) is 0 Å². The molecular weight excluding hydrogens is 162 g/mol. The van der Waals surface area contributed by atoms with Crippen LogP contribution in [-0.4, -0.2) is 11.1 Å². The highest BCUT2D eigenvalue weighted by Crippen LogP contribution is 2.12. The third kappa shape index (κ3) is 2.76. The second-order valence-electron chi connectivity index (χ2n) is 2.47. The van der Waals surface area contributed by atoms with Crippen LogP contribution in [0.15, 0.2) is 18.2 Å². The van der Waals surface area contributed by atoms with E-state index in [-0.39, 0.29) is 6.10 Å². The van der Waals surface area contributed by atoms with Gasteiger partial charge in [0, 0.05) is 6.07 Å². The minimum absolute atomic E-state index is 0.140. The van der Waals surface area contributed by atoms with Gasteiger partial charge in [-0.05, 0) is 19.9 Å². The summed E-state index contributed by atoms with van der Waals surface area (Å²) in [6.45, 7) is 3.89. The maximum Gasteiger partial charge on any atom is 0.214 e. The van der Waals surface area contributed by atoms with Crippen molar-refractivity contribution in [2.75, 3.05) is 0 Å². The van der Waals surface area contributed by atoms with Crippen LogP contribution in [0.5, 0.6) is 5.88 Å². The normalized spacial score (nSPS) is 10.2. The first-order valence-corrected chi connectivity index (χ1v) is 3.85. The molecule has 1 heterocycles. The number of hydrogen-bond donors (Lipinski definition) is 0. The lowest BCUT2D eigenvalue weighted by atomic mass is 10.4. The molecule has 1 aromatic heterocycles. The van der Waals surface area contributed by atoms with E-state index in [0.29, 0.717) is 11.0 Å². The Bertz CT molecular complexity index is 237. The Morgan fingerprint density at radius 2 is 2.18 bits per heavy atom. The van der Waals surface area contributed by atoms with E-state index in [1.54, 1.807) is 12.1 Å². The molecule has 2 nitrogen and oxygen atoms in total. The molecule has 1 rings (SSSR count). The Labute approximate surface area is 71.2 Å². The summed E-state index contributed by atoms with van der Waals surface area (Å²) in [4.78, 5) is 3.96. The topological polar surface area (TPSA) is 22.1 Å². The Kier molecular flexibility index (Phi) is 2.71. The number of pyridine rings is 1. The van der Waals surface area contributed by atoms with Gasteiger partial charge in [0.15, 0.2) is 0 Å². The van der Waals surface area contributed by atoms with E-state index in [1.807, 2.05) is 19.9 Å². The van der Waals surface area contributed by atoms with E-state index in [9.17, 15) is 0 Å². The van der Waals surface area contributed by atoms with Crippen LogP contribution in [0.1, 0.15) is 13.8 Å². The summed E-state index contributed by atoms with van der Waals surface area (Å²) in [5.41, 5.74) is 0. The Morgan fingerprint density at radius 3 is 2.73 bits per heavy atom. The zero-order valence-corrected chi connectivity index (χ0v) is 7.30. The standard InChI is InChI=1S/C8H10ClNO/c1-6(2)11-8-5-3-4-7(9)10-8/h3-6H,1-2H3. The molecule has 60 valence electrons. The smallest absolute Gasteiger partial charge is 0.214 e. The first-order valence-electron chi connectivity index (χ1n) is 3.47. The molecule has 0 aliphatic heterocycles. The fourth-order valence-electron chi connectivity index (χ4n) is 0.697. The quantitative estimate of drug-likeness (QED) is 0.638. The Balaban J connectivity index is 2.71. The summed E-state index contributed by atoms with van der Waals surface area (Å²) >= 11 is 5.64. The van der Waals surface area contributed by atoms with Crippen molar-refractivity contribution in [2.45, 2.75) is 20.0 Å². The summed E-state index contributed by atoms with van der Waals surface area (Å²) in [6.07, 6.45) is 0.140. The largest absolute Gasteiger partial charge is 0.475 e. The summed E-state index contributed by atoms with van der Waals surface area (Å²) in [5.74, 6) is 0.576. The van der Waals surface area contributed by atoms with Crippen molar-refractivity contribution in [3.8, 4) is 5.88 Å². The second kappa shape index (κ2) is 3.58. The lowest BCUT2D eigenvalue weighted by Crippen LogP contribution is -2.06. The van der Waals surface area contributed by atoms with Gasteiger partial charge in [-0.15, -0.1) is 0 Å². The molecule has 0 fully saturated rings.